The zero-order valence-electron chi connectivity index (χ0n) is 6.73. The molecule has 2 N–H and O–H groups in total. The fourth-order valence-electron chi connectivity index (χ4n) is 0.864. The van der Waals surface area contributed by atoms with Gasteiger partial charge < -0.3 is 5.11 Å². The number of halogens is 1. The molecule has 0 saturated carbocycles. The highest BCUT2D eigenvalue weighted by Gasteiger charge is 2.09. The summed E-state index contributed by atoms with van der Waals surface area (Å²) in [6, 6.07) is 3.84. The molecule has 0 aromatic heterocycles. The topological polar surface area (TPSA) is 83.5 Å². The number of carboxylic acids is 1. The van der Waals surface area contributed by atoms with Crippen molar-refractivity contribution < 1.29 is 18.3 Å². The maximum Gasteiger partial charge on any atom is 0.337 e. The van der Waals surface area contributed by atoms with Crippen molar-refractivity contribution in [1.82, 2.24) is 0 Å². The van der Waals surface area contributed by atoms with Crippen LogP contribution in [-0.2, 0) is 10.9 Å². The van der Waals surface area contributed by atoms with Crippen LogP contribution in [0.5, 0.6) is 0 Å². The van der Waals surface area contributed by atoms with Gasteiger partial charge in [0.1, 0.15) is 0 Å². The normalized spacial score (nSPS) is 10.1. The van der Waals surface area contributed by atoms with E-state index in [1.165, 1.54) is 12.1 Å². The zero-order chi connectivity index (χ0) is 10.7. The monoisotopic (exact) mass is 235 g/mol. The molecule has 0 amide bonds. The molecule has 5 nitrogen and oxygen atoms in total. The average Bonchev–Trinajstić information content (AvgIpc) is 2.07. The van der Waals surface area contributed by atoms with E-state index in [9.17, 15) is 13.2 Å². The quantitative estimate of drug-likeness (QED) is 0.682. The lowest BCUT2D eigenvalue weighted by molar-refractivity contribution is 0.0697. The van der Waals surface area contributed by atoms with E-state index in [1.54, 1.807) is 0 Å². The number of aromatic carboxylic acids is 1. The van der Waals surface area contributed by atoms with E-state index in [2.05, 4.69) is 4.72 Å². The van der Waals surface area contributed by atoms with Gasteiger partial charge in [0.25, 0.3) is 0 Å². The predicted molar refractivity (Wildman–Crippen MR) is 52.3 cm³/mol. The molecule has 1 rings (SSSR count). The Balaban J connectivity index is 3.12. The molecule has 0 spiro atoms. The molecule has 0 atom stereocenters. The van der Waals surface area contributed by atoms with Crippen molar-refractivity contribution in [2.24, 2.45) is 0 Å². The molecular formula is C7H6ClNO4S. The van der Waals surface area contributed by atoms with Crippen LogP contribution in [0, 0.1) is 0 Å². The highest BCUT2D eigenvalue weighted by Crippen LogP contribution is 2.20. The Morgan fingerprint density at radius 1 is 1.43 bits per heavy atom. The second-order valence-electron chi connectivity index (χ2n) is 2.37. The third kappa shape index (κ3) is 2.61. The molecule has 0 saturated heterocycles. The number of rotatable bonds is 3. The molecule has 0 unspecified atom stereocenters. The van der Waals surface area contributed by atoms with Crippen molar-refractivity contribution in [3.63, 3.8) is 0 Å². The summed E-state index contributed by atoms with van der Waals surface area (Å²) in [5.41, 5.74) is 0.0245. The lowest BCUT2D eigenvalue weighted by Crippen LogP contribution is -2.00. The Morgan fingerprint density at radius 3 is 2.57 bits per heavy atom. The van der Waals surface area contributed by atoms with Gasteiger partial charge in [-0.3, -0.25) is 4.72 Å². The van der Waals surface area contributed by atoms with Gasteiger partial charge in [0.15, 0.2) is 0 Å². The standard InChI is InChI=1S/C7H6ClNO4S/c8-6-2-1-4(9-14(12)13)3-5(6)7(10)11/h1-3,14H,(H,10,11)(H,9,12,13). The van der Waals surface area contributed by atoms with Crippen LogP contribution in [0.2, 0.25) is 5.02 Å². The van der Waals surface area contributed by atoms with Crippen molar-refractivity contribution in [1.29, 1.82) is 0 Å². The Morgan fingerprint density at radius 2 is 2.07 bits per heavy atom. The maximum atomic E-state index is 10.6. The van der Waals surface area contributed by atoms with Gasteiger partial charge in [-0.2, -0.15) is 0 Å². The minimum absolute atomic E-state index is 0.0594. The van der Waals surface area contributed by atoms with Gasteiger partial charge in [-0.05, 0) is 18.2 Å². The summed E-state index contributed by atoms with van der Waals surface area (Å²) in [6.07, 6.45) is 0. The van der Waals surface area contributed by atoms with Gasteiger partial charge in [0.05, 0.1) is 10.6 Å². The molecule has 0 heterocycles. The molecule has 0 fully saturated rings. The van der Waals surface area contributed by atoms with E-state index in [1.807, 2.05) is 0 Å². The number of hydrogen-bond acceptors (Lipinski definition) is 3. The van der Waals surface area contributed by atoms with Crippen LogP contribution in [-0.4, -0.2) is 19.5 Å². The van der Waals surface area contributed by atoms with Gasteiger partial charge in [0.2, 0.25) is 10.9 Å². The second-order valence-corrected chi connectivity index (χ2v) is 3.51. The summed E-state index contributed by atoms with van der Waals surface area (Å²) >= 11 is 5.57. The lowest BCUT2D eigenvalue weighted by atomic mass is 10.2. The third-order valence-electron chi connectivity index (χ3n) is 1.42. The molecular weight excluding hydrogens is 230 g/mol. The predicted octanol–water partition coefficient (Wildman–Crippen LogP) is 0.976. The van der Waals surface area contributed by atoms with E-state index in [4.69, 9.17) is 16.7 Å². The summed E-state index contributed by atoms with van der Waals surface area (Å²) in [4.78, 5) is 10.6. The Bertz CT molecular complexity index is 435. The molecule has 7 heteroatoms. The molecule has 76 valence electrons. The van der Waals surface area contributed by atoms with Crippen molar-refractivity contribution >= 4 is 34.1 Å². The number of benzene rings is 1. The SMILES string of the molecule is O=C(O)c1cc(N[SH](=O)=O)ccc1Cl. The largest absolute Gasteiger partial charge is 0.478 e. The van der Waals surface area contributed by atoms with E-state index in [-0.39, 0.29) is 16.3 Å². The van der Waals surface area contributed by atoms with Gasteiger partial charge >= 0.3 is 5.97 Å². The molecule has 0 bridgehead atoms. The summed E-state index contributed by atoms with van der Waals surface area (Å²) in [6.45, 7) is 0. The molecule has 1 aromatic carbocycles. The van der Waals surface area contributed by atoms with E-state index < -0.39 is 16.9 Å². The van der Waals surface area contributed by atoms with Crippen LogP contribution in [0.3, 0.4) is 0 Å². The highest BCUT2D eigenvalue weighted by atomic mass is 35.5. The lowest BCUT2D eigenvalue weighted by Gasteiger charge is -2.02. The van der Waals surface area contributed by atoms with Crippen LogP contribution in [0.1, 0.15) is 10.4 Å². The number of thiol groups is 1. The first-order valence-corrected chi connectivity index (χ1v) is 5.00. The third-order valence-corrected chi connectivity index (χ3v) is 2.19. The molecule has 0 aliphatic carbocycles. The first-order chi connectivity index (χ1) is 6.50. The van der Waals surface area contributed by atoms with Crippen LogP contribution >= 0.6 is 11.6 Å². The first kappa shape index (κ1) is 10.8. The van der Waals surface area contributed by atoms with Gasteiger partial charge in [0, 0.05) is 5.69 Å². The fraction of sp³-hybridized carbons (Fsp3) is 0. The Hall–Kier alpha value is -1.27. The van der Waals surface area contributed by atoms with Crippen molar-refractivity contribution in [3.05, 3.63) is 28.8 Å². The van der Waals surface area contributed by atoms with Crippen molar-refractivity contribution in [2.75, 3.05) is 4.72 Å². The van der Waals surface area contributed by atoms with E-state index >= 15 is 0 Å². The second kappa shape index (κ2) is 4.30. The molecule has 1 aromatic rings. The van der Waals surface area contributed by atoms with Crippen LogP contribution in [0.25, 0.3) is 0 Å². The van der Waals surface area contributed by atoms with Crippen molar-refractivity contribution in [2.45, 2.75) is 0 Å². The maximum absolute atomic E-state index is 10.6. The molecule has 0 aliphatic rings. The molecule has 0 radical (unpaired) electrons. The van der Waals surface area contributed by atoms with Gasteiger partial charge in [-0.15, -0.1) is 0 Å². The number of anilines is 1. The fourth-order valence-corrected chi connectivity index (χ4v) is 1.41. The summed E-state index contributed by atoms with van der Waals surface area (Å²) < 4.78 is 22.6. The number of nitrogens with one attached hydrogen (secondary N) is 1. The average molecular weight is 236 g/mol. The minimum atomic E-state index is -2.80. The van der Waals surface area contributed by atoms with Crippen LogP contribution < -0.4 is 4.72 Å². The van der Waals surface area contributed by atoms with Crippen LogP contribution in [0.15, 0.2) is 18.2 Å². The first-order valence-electron chi connectivity index (χ1n) is 3.44. The number of hydrogen-bond donors (Lipinski definition) is 3. The van der Waals surface area contributed by atoms with E-state index in [0.29, 0.717) is 0 Å². The Kier molecular flexibility index (Phi) is 3.32. The molecule has 14 heavy (non-hydrogen) atoms. The van der Waals surface area contributed by atoms with Crippen molar-refractivity contribution in [3.8, 4) is 0 Å². The smallest absolute Gasteiger partial charge is 0.337 e. The number of carboxylic acid groups (broad SMARTS) is 1. The van der Waals surface area contributed by atoms with Gasteiger partial charge in [-0.25, -0.2) is 13.2 Å². The minimum Gasteiger partial charge on any atom is -0.478 e. The highest BCUT2D eigenvalue weighted by molar-refractivity contribution is 7.73. The summed E-state index contributed by atoms with van der Waals surface area (Å²) in [5.74, 6) is -1.21. The summed E-state index contributed by atoms with van der Waals surface area (Å²) in [7, 11) is -2.80. The Labute approximate surface area is 86.4 Å². The molecule has 0 aliphatic heterocycles. The van der Waals surface area contributed by atoms with E-state index in [0.717, 1.165) is 6.07 Å². The van der Waals surface area contributed by atoms with Gasteiger partial charge in [-0.1, -0.05) is 11.6 Å². The summed E-state index contributed by atoms with van der Waals surface area (Å²) in [5, 5.41) is 8.72. The zero-order valence-corrected chi connectivity index (χ0v) is 8.38. The number of carbonyl (C=O) groups is 1. The van der Waals surface area contributed by atoms with Crippen LogP contribution in [0.4, 0.5) is 5.69 Å².